The molecule has 2 atom stereocenters. The van der Waals surface area contributed by atoms with Gasteiger partial charge in [-0.3, -0.25) is 4.79 Å². The zero-order chi connectivity index (χ0) is 12.7. The molecule has 0 unspecified atom stereocenters. The summed E-state index contributed by atoms with van der Waals surface area (Å²) in [5.41, 5.74) is 1.12. The van der Waals surface area contributed by atoms with Crippen LogP contribution in [0.2, 0.25) is 0 Å². The zero-order valence-corrected chi connectivity index (χ0v) is 10.9. The minimum Gasteiger partial charge on any atom is -0.351 e. The van der Waals surface area contributed by atoms with Gasteiger partial charge in [0.25, 0.3) is 0 Å². The molecule has 2 N–H and O–H groups in total. The maximum absolute atomic E-state index is 12.0. The van der Waals surface area contributed by atoms with Crippen LogP contribution in [0, 0.1) is 5.92 Å². The SMILES string of the molecule is CC[C@@H](C)[C@@H](NC)C(=O)NCc1ccccc1.[HH]. The molecule has 0 aromatic heterocycles. The van der Waals surface area contributed by atoms with Gasteiger partial charge in [-0.15, -0.1) is 0 Å². The molecule has 17 heavy (non-hydrogen) atoms. The first-order chi connectivity index (χ1) is 8.19. The molecule has 0 heterocycles. The van der Waals surface area contributed by atoms with Gasteiger partial charge in [0.2, 0.25) is 5.91 Å². The van der Waals surface area contributed by atoms with Crippen molar-refractivity contribution < 1.29 is 6.22 Å². The molecule has 0 saturated heterocycles. The third-order valence-corrected chi connectivity index (χ3v) is 3.12. The second-order valence-electron chi connectivity index (χ2n) is 4.36. The van der Waals surface area contributed by atoms with E-state index in [0.29, 0.717) is 12.5 Å². The molecule has 0 saturated carbocycles. The molecule has 1 rings (SSSR count). The summed E-state index contributed by atoms with van der Waals surface area (Å²) in [6.45, 7) is 4.77. The van der Waals surface area contributed by atoms with E-state index in [0.717, 1.165) is 12.0 Å². The molecule has 0 spiro atoms. The molecule has 96 valence electrons. The first kappa shape index (κ1) is 13.7. The summed E-state index contributed by atoms with van der Waals surface area (Å²) in [5, 5.41) is 6.04. The fourth-order valence-corrected chi connectivity index (χ4v) is 1.80. The van der Waals surface area contributed by atoms with E-state index >= 15 is 0 Å². The van der Waals surface area contributed by atoms with Crippen LogP contribution in [0.4, 0.5) is 0 Å². The molecule has 0 aliphatic carbocycles. The molecule has 3 heteroatoms. The molecule has 3 nitrogen and oxygen atoms in total. The van der Waals surface area contributed by atoms with E-state index in [1.165, 1.54) is 0 Å². The molecule has 0 radical (unpaired) electrons. The van der Waals surface area contributed by atoms with E-state index in [9.17, 15) is 4.79 Å². The number of likely N-dealkylation sites (N-methyl/N-ethyl adjacent to an activating group) is 1. The van der Waals surface area contributed by atoms with Gasteiger partial charge in [0, 0.05) is 7.97 Å². The summed E-state index contributed by atoms with van der Waals surface area (Å²) in [6.07, 6.45) is 0.990. The number of carbonyl (C=O) groups excluding carboxylic acids is 1. The van der Waals surface area contributed by atoms with Crippen molar-refractivity contribution in [2.45, 2.75) is 32.9 Å². The highest BCUT2D eigenvalue weighted by Gasteiger charge is 2.21. The molecular formula is C14H24N2O. The average molecular weight is 236 g/mol. The Morgan fingerprint density at radius 2 is 2.00 bits per heavy atom. The highest BCUT2D eigenvalue weighted by atomic mass is 16.2. The zero-order valence-electron chi connectivity index (χ0n) is 10.9. The highest BCUT2D eigenvalue weighted by Crippen LogP contribution is 2.07. The number of rotatable bonds is 6. The van der Waals surface area contributed by atoms with Crippen molar-refractivity contribution >= 4 is 5.91 Å². The van der Waals surface area contributed by atoms with Crippen molar-refractivity contribution in [3.63, 3.8) is 0 Å². The van der Waals surface area contributed by atoms with E-state index in [4.69, 9.17) is 0 Å². The third-order valence-electron chi connectivity index (χ3n) is 3.12. The predicted octanol–water partition coefficient (Wildman–Crippen LogP) is 2.18. The summed E-state index contributed by atoms with van der Waals surface area (Å²) in [4.78, 5) is 12.0. The van der Waals surface area contributed by atoms with Crippen molar-refractivity contribution in [3.05, 3.63) is 35.9 Å². The lowest BCUT2D eigenvalue weighted by Crippen LogP contribution is -2.46. The first-order valence-electron chi connectivity index (χ1n) is 6.18. The maximum atomic E-state index is 12.0. The van der Waals surface area contributed by atoms with Crippen LogP contribution in [0.25, 0.3) is 0 Å². The Balaban J connectivity index is 0.00000289. The van der Waals surface area contributed by atoms with Crippen molar-refractivity contribution in [3.8, 4) is 0 Å². The van der Waals surface area contributed by atoms with Crippen molar-refractivity contribution in [2.75, 3.05) is 7.05 Å². The lowest BCUT2D eigenvalue weighted by atomic mass is 9.98. The highest BCUT2D eigenvalue weighted by molar-refractivity contribution is 5.81. The van der Waals surface area contributed by atoms with Crippen LogP contribution >= 0.6 is 0 Å². The number of nitrogens with one attached hydrogen (secondary N) is 2. The average Bonchev–Trinajstić information content (AvgIpc) is 2.38. The topological polar surface area (TPSA) is 41.1 Å². The largest absolute Gasteiger partial charge is 0.351 e. The smallest absolute Gasteiger partial charge is 0.237 e. The van der Waals surface area contributed by atoms with E-state index < -0.39 is 0 Å². The molecule has 0 aliphatic rings. The second-order valence-corrected chi connectivity index (χ2v) is 4.36. The molecule has 0 fully saturated rings. The van der Waals surface area contributed by atoms with Crippen molar-refractivity contribution in [1.82, 2.24) is 10.6 Å². The monoisotopic (exact) mass is 236 g/mol. The van der Waals surface area contributed by atoms with Crippen LogP contribution in [0.1, 0.15) is 27.3 Å². The van der Waals surface area contributed by atoms with Crippen LogP contribution in [0.5, 0.6) is 0 Å². The fraction of sp³-hybridized carbons (Fsp3) is 0.500. The molecule has 0 bridgehead atoms. The van der Waals surface area contributed by atoms with E-state index in [1.807, 2.05) is 37.4 Å². The van der Waals surface area contributed by atoms with Gasteiger partial charge in [-0.2, -0.15) is 0 Å². The fourth-order valence-electron chi connectivity index (χ4n) is 1.80. The summed E-state index contributed by atoms with van der Waals surface area (Å²) in [5.74, 6) is 0.418. The van der Waals surface area contributed by atoms with Crippen LogP contribution in [-0.4, -0.2) is 19.0 Å². The number of benzene rings is 1. The van der Waals surface area contributed by atoms with Gasteiger partial charge in [-0.05, 0) is 18.5 Å². The molecule has 0 aliphatic heterocycles. The number of hydrogen-bond acceptors (Lipinski definition) is 2. The van der Waals surface area contributed by atoms with Gasteiger partial charge in [0.1, 0.15) is 0 Å². The number of carbonyl (C=O) groups is 1. The maximum Gasteiger partial charge on any atom is 0.237 e. The Labute approximate surface area is 105 Å². The normalized spacial score (nSPS) is 14.1. The summed E-state index contributed by atoms with van der Waals surface area (Å²) in [7, 11) is 1.83. The molecule has 1 amide bonds. The lowest BCUT2D eigenvalue weighted by molar-refractivity contribution is -0.124. The van der Waals surface area contributed by atoms with Crippen molar-refractivity contribution in [1.29, 1.82) is 0 Å². The Kier molecular flexibility index (Phi) is 5.70. The van der Waals surface area contributed by atoms with E-state index in [2.05, 4.69) is 24.5 Å². The number of amides is 1. The Morgan fingerprint density at radius 3 is 2.53 bits per heavy atom. The third kappa shape index (κ3) is 4.19. The van der Waals surface area contributed by atoms with Gasteiger partial charge >= 0.3 is 0 Å². The van der Waals surface area contributed by atoms with Gasteiger partial charge in [0.05, 0.1) is 6.04 Å². The second kappa shape index (κ2) is 7.07. The van der Waals surface area contributed by atoms with E-state index in [1.54, 1.807) is 0 Å². The minimum atomic E-state index is -0.108. The molecular weight excluding hydrogens is 212 g/mol. The summed E-state index contributed by atoms with van der Waals surface area (Å²) < 4.78 is 0. The summed E-state index contributed by atoms with van der Waals surface area (Å²) >= 11 is 0. The minimum absolute atomic E-state index is 0. The van der Waals surface area contributed by atoms with Crippen LogP contribution in [0.15, 0.2) is 30.3 Å². The Bertz CT molecular complexity index is 343. The molecule has 1 aromatic carbocycles. The first-order valence-corrected chi connectivity index (χ1v) is 6.18. The van der Waals surface area contributed by atoms with Crippen molar-refractivity contribution in [2.24, 2.45) is 5.92 Å². The van der Waals surface area contributed by atoms with Crippen LogP contribution in [-0.2, 0) is 11.3 Å². The molecule has 1 aromatic rings. The van der Waals surface area contributed by atoms with Gasteiger partial charge in [-0.25, -0.2) is 0 Å². The Hall–Kier alpha value is -1.35. The van der Waals surface area contributed by atoms with Crippen LogP contribution in [0.3, 0.4) is 0 Å². The lowest BCUT2D eigenvalue weighted by Gasteiger charge is -2.21. The van der Waals surface area contributed by atoms with Gasteiger partial charge < -0.3 is 10.6 Å². The number of hydrogen-bond donors (Lipinski definition) is 2. The standard InChI is InChI=1S/C14H22N2O.H2/c1-4-11(2)13(15-3)14(17)16-10-12-8-6-5-7-9-12;/h5-9,11,13,15H,4,10H2,1-3H3,(H,16,17);1H/t11-,13-;/m1./s1. The van der Waals surface area contributed by atoms with Gasteiger partial charge in [-0.1, -0.05) is 50.6 Å². The quantitative estimate of drug-likeness (QED) is 0.795. The van der Waals surface area contributed by atoms with Gasteiger partial charge in [0.15, 0.2) is 0 Å². The van der Waals surface area contributed by atoms with Crippen LogP contribution < -0.4 is 10.6 Å². The van der Waals surface area contributed by atoms with E-state index in [-0.39, 0.29) is 13.4 Å². The predicted molar refractivity (Wildman–Crippen MR) is 72.7 cm³/mol. The summed E-state index contributed by atoms with van der Waals surface area (Å²) in [6, 6.07) is 9.84. The Morgan fingerprint density at radius 1 is 1.35 bits per heavy atom.